The Bertz CT molecular complexity index is 493. The zero-order chi connectivity index (χ0) is 15.2. The zero-order valence-electron chi connectivity index (χ0n) is 11.8. The van der Waals surface area contributed by atoms with Gasteiger partial charge in [-0.1, -0.05) is 0 Å². The molecule has 21 heavy (non-hydrogen) atoms. The number of benzene rings is 1. The summed E-state index contributed by atoms with van der Waals surface area (Å²) in [6, 6.07) is 3.48. The molecule has 1 fully saturated rings. The third-order valence-corrected chi connectivity index (χ3v) is 3.47. The summed E-state index contributed by atoms with van der Waals surface area (Å²) in [6.45, 7) is 1.07. The number of nitrogens with zero attached hydrogens (tertiary/aromatic N) is 1. The first kappa shape index (κ1) is 15.9. The standard InChI is InChI=1S/C15H20F2N2O2/c16-11-3-6-14(13(17)9-11)18-15(21)10-19(12-4-5-12)7-1-2-8-20/h3,6,9,12,20H,1-2,4-5,7-8,10H2,(H,18,21). The highest BCUT2D eigenvalue weighted by molar-refractivity contribution is 5.92. The molecule has 1 aliphatic rings. The molecule has 0 unspecified atom stereocenters. The number of halogens is 2. The quantitative estimate of drug-likeness (QED) is 0.723. The molecule has 0 aliphatic heterocycles. The van der Waals surface area contributed by atoms with Crippen LogP contribution >= 0.6 is 0 Å². The Morgan fingerprint density at radius 2 is 2.10 bits per heavy atom. The first-order valence-electron chi connectivity index (χ1n) is 7.20. The highest BCUT2D eigenvalue weighted by atomic mass is 19.1. The van der Waals surface area contributed by atoms with Gasteiger partial charge in [-0.3, -0.25) is 9.69 Å². The van der Waals surface area contributed by atoms with Crippen LogP contribution < -0.4 is 5.32 Å². The molecule has 4 nitrogen and oxygen atoms in total. The summed E-state index contributed by atoms with van der Waals surface area (Å²) in [5.41, 5.74) is -0.00694. The van der Waals surface area contributed by atoms with E-state index in [1.807, 2.05) is 4.90 Å². The van der Waals surface area contributed by atoms with Crippen LogP contribution in [-0.2, 0) is 4.79 Å². The van der Waals surface area contributed by atoms with Crippen molar-refractivity contribution in [3.05, 3.63) is 29.8 Å². The number of carbonyl (C=O) groups is 1. The maximum absolute atomic E-state index is 13.5. The molecule has 0 radical (unpaired) electrons. The van der Waals surface area contributed by atoms with Gasteiger partial charge in [0.1, 0.15) is 11.6 Å². The van der Waals surface area contributed by atoms with Crippen molar-refractivity contribution in [1.29, 1.82) is 0 Å². The number of unbranched alkanes of at least 4 members (excludes halogenated alkanes) is 1. The summed E-state index contributed by atoms with van der Waals surface area (Å²) in [6.07, 6.45) is 3.66. The molecule has 1 saturated carbocycles. The third-order valence-electron chi connectivity index (χ3n) is 3.47. The van der Waals surface area contributed by atoms with Crippen molar-refractivity contribution < 1.29 is 18.7 Å². The van der Waals surface area contributed by atoms with Crippen LogP contribution in [-0.4, -0.2) is 41.7 Å². The molecule has 0 spiro atoms. The summed E-state index contributed by atoms with van der Waals surface area (Å²) >= 11 is 0. The van der Waals surface area contributed by atoms with Crippen LogP contribution in [0.2, 0.25) is 0 Å². The SMILES string of the molecule is O=C(CN(CCCCO)C1CC1)Nc1ccc(F)cc1F. The predicted molar refractivity (Wildman–Crippen MR) is 75.9 cm³/mol. The van der Waals surface area contributed by atoms with E-state index in [1.165, 1.54) is 6.07 Å². The van der Waals surface area contributed by atoms with Gasteiger partial charge in [-0.25, -0.2) is 8.78 Å². The van der Waals surface area contributed by atoms with Crippen LogP contribution in [0.25, 0.3) is 0 Å². The van der Waals surface area contributed by atoms with Crippen LogP contribution in [0.15, 0.2) is 18.2 Å². The third kappa shape index (κ3) is 5.06. The number of carbonyl (C=O) groups excluding carboxylic acids is 1. The number of amides is 1. The van der Waals surface area contributed by atoms with E-state index in [0.29, 0.717) is 12.5 Å². The Kier molecular flexibility index (Phi) is 5.64. The number of aliphatic hydroxyl groups is 1. The van der Waals surface area contributed by atoms with Gasteiger partial charge < -0.3 is 10.4 Å². The Labute approximate surface area is 122 Å². The second-order valence-corrected chi connectivity index (χ2v) is 5.30. The van der Waals surface area contributed by atoms with Gasteiger partial charge in [-0.05, 0) is 44.4 Å². The number of aliphatic hydroxyl groups excluding tert-OH is 1. The fourth-order valence-corrected chi connectivity index (χ4v) is 2.22. The first-order valence-corrected chi connectivity index (χ1v) is 7.20. The molecule has 0 atom stereocenters. The average Bonchev–Trinajstić information content (AvgIpc) is 3.25. The van der Waals surface area contributed by atoms with Crippen molar-refractivity contribution in [2.75, 3.05) is 25.0 Å². The number of hydrogen-bond acceptors (Lipinski definition) is 3. The lowest BCUT2D eigenvalue weighted by Crippen LogP contribution is -2.35. The molecule has 1 aliphatic carbocycles. The van der Waals surface area contributed by atoms with E-state index >= 15 is 0 Å². The molecule has 2 N–H and O–H groups in total. The Morgan fingerprint density at radius 1 is 1.33 bits per heavy atom. The van der Waals surface area contributed by atoms with Gasteiger partial charge in [0.05, 0.1) is 12.2 Å². The highest BCUT2D eigenvalue weighted by Crippen LogP contribution is 2.27. The first-order chi connectivity index (χ1) is 10.1. The molecule has 1 aromatic carbocycles. The molecule has 0 heterocycles. The maximum atomic E-state index is 13.5. The minimum absolute atomic E-state index is 0.00694. The summed E-state index contributed by atoms with van der Waals surface area (Å²) < 4.78 is 26.3. The smallest absolute Gasteiger partial charge is 0.238 e. The summed E-state index contributed by atoms with van der Waals surface area (Å²) in [5, 5.41) is 11.3. The lowest BCUT2D eigenvalue weighted by molar-refractivity contribution is -0.117. The van der Waals surface area contributed by atoms with Crippen molar-refractivity contribution in [3.8, 4) is 0 Å². The molecular formula is C15H20F2N2O2. The lowest BCUT2D eigenvalue weighted by Gasteiger charge is -2.21. The van der Waals surface area contributed by atoms with Crippen LogP contribution in [0, 0.1) is 11.6 Å². The molecular weight excluding hydrogens is 278 g/mol. The van der Waals surface area contributed by atoms with E-state index in [4.69, 9.17) is 5.11 Å². The second kappa shape index (κ2) is 7.47. The largest absolute Gasteiger partial charge is 0.396 e. The molecule has 6 heteroatoms. The van der Waals surface area contributed by atoms with E-state index in [9.17, 15) is 13.6 Å². The molecule has 0 aromatic heterocycles. The average molecular weight is 298 g/mol. The predicted octanol–water partition coefficient (Wildman–Crippen LogP) is 2.14. The molecule has 0 bridgehead atoms. The number of hydrogen-bond donors (Lipinski definition) is 2. The van der Waals surface area contributed by atoms with Crippen LogP contribution in [0.5, 0.6) is 0 Å². The molecule has 116 valence electrons. The van der Waals surface area contributed by atoms with E-state index < -0.39 is 11.6 Å². The van der Waals surface area contributed by atoms with Gasteiger partial charge in [-0.15, -0.1) is 0 Å². The zero-order valence-corrected chi connectivity index (χ0v) is 11.8. The van der Waals surface area contributed by atoms with Gasteiger partial charge in [0.2, 0.25) is 5.91 Å². The van der Waals surface area contributed by atoms with Crippen molar-refractivity contribution >= 4 is 11.6 Å². The van der Waals surface area contributed by atoms with Gasteiger partial charge in [-0.2, -0.15) is 0 Å². The molecule has 1 amide bonds. The van der Waals surface area contributed by atoms with Crippen molar-refractivity contribution in [1.82, 2.24) is 4.90 Å². The van der Waals surface area contributed by atoms with Gasteiger partial charge in [0.15, 0.2) is 0 Å². The van der Waals surface area contributed by atoms with Crippen LogP contribution in [0.1, 0.15) is 25.7 Å². The van der Waals surface area contributed by atoms with Crippen LogP contribution in [0.3, 0.4) is 0 Å². The second-order valence-electron chi connectivity index (χ2n) is 5.30. The van der Waals surface area contributed by atoms with Gasteiger partial charge in [0.25, 0.3) is 0 Å². The normalized spacial score (nSPS) is 14.5. The Morgan fingerprint density at radius 3 is 2.71 bits per heavy atom. The topological polar surface area (TPSA) is 52.6 Å². The van der Waals surface area contributed by atoms with Gasteiger partial charge in [0, 0.05) is 18.7 Å². The molecule has 2 rings (SSSR count). The minimum Gasteiger partial charge on any atom is -0.396 e. The van der Waals surface area contributed by atoms with Gasteiger partial charge >= 0.3 is 0 Å². The van der Waals surface area contributed by atoms with Crippen molar-refractivity contribution in [2.24, 2.45) is 0 Å². The number of anilines is 1. The highest BCUT2D eigenvalue weighted by Gasteiger charge is 2.29. The molecule has 1 aromatic rings. The summed E-state index contributed by atoms with van der Waals surface area (Å²) in [7, 11) is 0. The number of rotatable bonds is 8. The molecule has 0 saturated heterocycles. The lowest BCUT2D eigenvalue weighted by atomic mass is 10.2. The fourth-order valence-electron chi connectivity index (χ4n) is 2.22. The van der Waals surface area contributed by atoms with Crippen molar-refractivity contribution in [3.63, 3.8) is 0 Å². The monoisotopic (exact) mass is 298 g/mol. The van der Waals surface area contributed by atoms with Crippen LogP contribution in [0.4, 0.5) is 14.5 Å². The van der Waals surface area contributed by atoms with Crippen molar-refractivity contribution in [2.45, 2.75) is 31.7 Å². The Balaban J connectivity index is 1.86. The van der Waals surface area contributed by atoms with E-state index in [-0.39, 0.29) is 24.7 Å². The Hall–Kier alpha value is -1.53. The minimum atomic E-state index is -0.776. The van der Waals surface area contributed by atoms with E-state index in [1.54, 1.807) is 0 Å². The summed E-state index contributed by atoms with van der Waals surface area (Å²) in [4.78, 5) is 14.0. The maximum Gasteiger partial charge on any atom is 0.238 e. The fraction of sp³-hybridized carbons (Fsp3) is 0.533. The number of nitrogens with one attached hydrogen (secondary N) is 1. The van der Waals surface area contributed by atoms with E-state index in [2.05, 4.69) is 5.32 Å². The summed E-state index contributed by atoms with van der Waals surface area (Å²) in [5.74, 6) is -1.76. The van der Waals surface area contributed by atoms with E-state index in [0.717, 1.165) is 37.9 Å².